The van der Waals surface area contributed by atoms with Crippen molar-refractivity contribution < 1.29 is 0 Å². The summed E-state index contributed by atoms with van der Waals surface area (Å²) in [7, 11) is 2.13. The standard InChI is InChI=1S/C42H36N2/c1-4-13-32(5-2)33-22-28-39(29-23-33)44(42-19-12-15-36-14-10-11-18-41(36)42)40-30-24-35(25-31-40)34-20-26-38(27-21-34)43(3)37-16-8-6-7-9-17-37/h4-16,18-31H,1-2,17H2,3H3/b32-13+. The summed E-state index contributed by atoms with van der Waals surface area (Å²) in [5.74, 6) is 0. The molecule has 0 spiro atoms. The normalized spacial score (nSPS) is 12.8. The first kappa shape index (κ1) is 28.5. The summed E-state index contributed by atoms with van der Waals surface area (Å²) in [6.45, 7) is 7.83. The van der Waals surface area contributed by atoms with Gasteiger partial charge in [0, 0.05) is 41.6 Å². The van der Waals surface area contributed by atoms with E-state index in [1.807, 2.05) is 12.2 Å². The van der Waals surface area contributed by atoms with E-state index < -0.39 is 0 Å². The Hall–Kier alpha value is -5.60. The maximum absolute atomic E-state index is 3.98. The van der Waals surface area contributed by atoms with Gasteiger partial charge in [0.1, 0.15) is 0 Å². The Balaban J connectivity index is 1.34. The van der Waals surface area contributed by atoms with Crippen molar-refractivity contribution in [3.05, 3.63) is 188 Å². The Morgan fingerprint density at radius 2 is 1.30 bits per heavy atom. The topological polar surface area (TPSA) is 6.48 Å². The third-order valence-corrected chi connectivity index (χ3v) is 8.10. The molecule has 0 aliphatic heterocycles. The van der Waals surface area contributed by atoms with Gasteiger partial charge in [-0.2, -0.15) is 0 Å². The quantitative estimate of drug-likeness (QED) is 0.163. The van der Waals surface area contributed by atoms with Gasteiger partial charge in [-0.3, -0.25) is 0 Å². The molecule has 0 fully saturated rings. The fraction of sp³-hybridized carbons (Fsp3) is 0.0476. The number of allylic oxidation sites excluding steroid dienone is 9. The fourth-order valence-corrected chi connectivity index (χ4v) is 5.70. The molecule has 0 aromatic heterocycles. The monoisotopic (exact) mass is 568 g/mol. The number of benzene rings is 5. The SMILES string of the molecule is C=C/C=C(\C=C)c1ccc(N(c2ccc(-c3ccc(N(C)C4=CC=CC=CC4)cc3)cc2)c2cccc3ccccc23)cc1. The Bertz CT molecular complexity index is 1900. The summed E-state index contributed by atoms with van der Waals surface area (Å²) < 4.78 is 0. The van der Waals surface area contributed by atoms with Crippen LogP contribution in [0.25, 0.3) is 27.5 Å². The molecular weight excluding hydrogens is 532 g/mol. The number of hydrogen-bond acceptors (Lipinski definition) is 2. The lowest BCUT2D eigenvalue weighted by Crippen LogP contribution is -2.15. The Kier molecular flexibility index (Phi) is 8.52. The lowest BCUT2D eigenvalue weighted by atomic mass is 10.0. The molecule has 5 aromatic rings. The maximum atomic E-state index is 3.98. The molecule has 0 bridgehead atoms. The highest BCUT2D eigenvalue weighted by atomic mass is 15.1. The second-order valence-electron chi connectivity index (χ2n) is 10.8. The van der Waals surface area contributed by atoms with Crippen molar-refractivity contribution in [3.63, 3.8) is 0 Å². The van der Waals surface area contributed by atoms with E-state index in [0.717, 1.165) is 34.6 Å². The minimum absolute atomic E-state index is 0.920. The van der Waals surface area contributed by atoms with Gasteiger partial charge in [0.15, 0.2) is 0 Å². The zero-order valence-corrected chi connectivity index (χ0v) is 25.1. The third-order valence-electron chi connectivity index (χ3n) is 8.10. The number of hydrogen-bond donors (Lipinski definition) is 0. The van der Waals surface area contributed by atoms with Crippen LogP contribution in [-0.2, 0) is 0 Å². The van der Waals surface area contributed by atoms with E-state index in [-0.39, 0.29) is 0 Å². The molecule has 44 heavy (non-hydrogen) atoms. The van der Waals surface area contributed by atoms with Crippen molar-refractivity contribution in [1.29, 1.82) is 0 Å². The van der Waals surface area contributed by atoms with Gasteiger partial charge in [-0.1, -0.05) is 128 Å². The first-order chi connectivity index (χ1) is 21.7. The van der Waals surface area contributed by atoms with Crippen molar-refractivity contribution in [2.45, 2.75) is 6.42 Å². The fourth-order valence-electron chi connectivity index (χ4n) is 5.70. The number of anilines is 4. The lowest BCUT2D eigenvalue weighted by molar-refractivity contribution is 1.03. The molecule has 6 rings (SSSR count). The molecule has 0 saturated carbocycles. The van der Waals surface area contributed by atoms with Gasteiger partial charge in [-0.05, 0) is 76.2 Å². The van der Waals surface area contributed by atoms with Crippen LogP contribution in [0.1, 0.15) is 12.0 Å². The van der Waals surface area contributed by atoms with Crippen molar-refractivity contribution in [3.8, 4) is 11.1 Å². The highest BCUT2D eigenvalue weighted by molar-refractivity contribution is 5.99. The van der Waals surface area contributed by atoms with Crippen LogP contribution in [-0.4, -0.2) is 7.05 Å². The Morgan fingerprint density at radius 3 is 1.98 bits per heavy atom. The number of nitrogens with zero attached hydrogens (tertiary/aromatic N) is 2. The van der Waals surface area contributed by atoms with Crippen molar-refractivity contribution in [1.82, 2.24) is 0 Å². The second-order valence-corrected chi connectivity index (χ2v) is 10.8. The van der Waals surface area contributed by atoms with E-state index in [9.17, 15) is 0 Å². The highest BCUT2D eigenvalue weighted by Gasteiger charge is 2.16. The van der Waals surface area contributed by atoms with Crippen molar-refractivity contribution in [2.24, 2.45) is 0 Å². The van der Waals surface area contributed by atoms with E-state index in [1.165, 1.54) is 33.3 Å². The van der Waals surface area contributed by atoms with Gasteiger partial charge in [0.05, 0.1) is 5.69 Å². The van der Waals surface area contributed by atoms with E-state index in [2.05, 4.69) is 176 Å². The molecule has 2 heteroatoms. The molecule has 0 heterocycles. The first-order valence-corrected chi connectivity index (χ1v) is 15.0. The summed E-state index contributed by atoms with van der Waals surface area (Å²) in [5.41, 5.74) is 10.3. The smallest absolute Gasteiger partial charge is 0.0540 e. The third kappa shape index (κ3) is 5.97. The Morgan fingerprint density at radius 1 is 0.659 bits per heavy atom. The molecule has 2 nitrogen and oxygen atoms in total. The molecule has 1 aliphatic rings. The summed E-state index contributed by atoms with van der Waals surface area (Å²) in [5, 5.41) is 2.42. The first-order valence-electron chi connectivity index (χ1n) is 15.0. The molecular formula is C42H36N2. The second kappa shape index (κ2) is 13.1. The molecule has 0 radical (unpaired) electrons. The average molecular weight is 569 g/mol. The van der Waals surface area contributed by atoms with Gasteiger partial charge in [-0.15, -0.1) is 0 Å². The zero-order valence-electron chi connectivity index (χ0n) is 25.1. The van der Waals surface area contributed by atoms with Crippen LogP contribution < -0.4 is 9.80 Å². The summed E-state index contributed by atoms with van der Waals surface area (Å²) in [6, 6.07) is 41.4. The molecule has 5 aromatic carbocycles. The van der Waals surface area contributed by atoms with E-state index in [1.54, 1.807) is 6.08 Å². The zero-order chi connectivity index (χ0) is 30.3. The van der Waals surface area contributed by atoms with Crippen molar-refractivity contribution >= 4 is 39.1 Å². The van der Waals surface area contributed by atoms with Crippen LogP contribution in [0, 0.1) is 0 Å². The summed E-state index contributed by atoms with van der Waals surface area (Å²) in [6.07, 6.45) is 17.2. The van der Waals surface area contributed by atoms with Gasteiger partial charge >= 0.3 is 0 Å². The van der Waals surface area contributed by atoms with E-state index >= 15 is 0 Å². The van der Waals surface area contributed by atoms with Gasteiger partial charge in [0.2, 0.25) is 0 Å². The van der Waals surface area contributed by atoms with Gasteiger partial charge in [-0.25, -0.2) is 0 Å². The largest absolute Gasteiger partial charge is 0.348 e. The minimum atomic E-state index is 0.920. The average Bonchev–Trinajstić information content (AvgIpc) is 3.38. The van der Waals surface area contributed by atoms with Crippen LogP contribution in [0.3, 0.4) is 0 Å². The Labute approximate surface area is 261 Å². The van der Waals surface area contributed by atoms with Crippen LogP contribution in [0.4, 0.5) is 22.7 Å². The predicted molar refractivity (Wildman–Crippen MR) is 192 cm³/mol. The molecule has 1 aliphatic carbocycles. The van der Waals surface area contributed by atoms with E-state index in [4.69, 9.17) is 0 Å². The molecule has 0 unspecified atom stereocenters. The van der Waals surface area contributed by atoms with Crippen molar-refractivity contribution in [2.75, 3.05) is 16.8 Å². The molecule has 0 atom stereocenters. The van der Waals surface area contributed by atoms with Crippen LogP contribution >= 0.6 is 0 Å². The predicted octanol–water partition coefficient (Wildman–Crippen LogP) is 11.6. The lowest BCUT2D eigenvalue weighted by Gasteiger charge is -2.27. The highest BCUT2D eigenvalue weighted by Crippen LogP contribution is 2.40. The molecule has 0 N–H and O–H groups in total. The molecule has 0 saturated heterocycles. The summed E-state index contributed by atoms with van der Waals surface area (Å²) >= 11 is 0. The molecule has 214 valence electrons. The maximum Gasteiger partial charge on any atom is 0.0540 e. The minimum Gasteiger partial charge on any atom is -0.348 e. The number of rotatable bonds is 9. The van der Waals surface area contributed by atoms with Gasteiger partial charge in [0.25, 0.3) is 0 Å². The van der Waals surface area contributed by atoms with Crippen LogP contribution in [0.5, 0.6) is 0 Å². The number of fused-ring (bicyclic) bond motifs is 1. The van der Waals surface area contributed by atoms with Crippen LogP contribution in [0.2, 0.25) is 0 Å². The van der Waals surface area contributed by atoms with E-state index in [0.29, 0.717) is 0 Å². The molecule has 0 amide bonds. The summed E-state index contributed by atoms with van der Waals surface area (Å²) in [4.78, 5) is 4.59. The van der Waals surface area contributed by atoms with Gasteiger partial charge < -0.3 is 9.80 Å². The van der Waals surface area contributed by atoms with Crippen LogP contribution in [0.15, 0.2) is 183 Å².